The zero-order valence-corrected chi connectivity index (χ0v) is 23.2. The van der Waals surface area contributed by atoms with Crippen molar-refractivity contribution in [1.29, 1.82) is 0 Å². The first kappa shape index (κ1) is 30.2. The van der Waals surface area contributed by atoms with Crippen molar-refractivity contribution in [3.8, 4) is 0 Å². The molecule has 0 saturated heterocycles. The lowest BCUT2D eigenvalue weighted by Gasteiger charge is -2.31. The van der Waals surface area contributed by atoms with Crippen LogP contribution >= 0.6 is 0 Å². The van der Waals surface area contributed by atoms with Crippen molar-refractivity contribution in [2.45, 2.75) is 144 Å². The molecule has 0 amide bonds. The summed E-state index contributed by atoms with van der Waals surface area (Å²) in [6, 6.07) is 0. The summed E-state index contributed by atoms with van der Waals surface area (Å²) < 4.78 is 6.32. The van der Waals surface area contributed by atoms with Crippen molar-refractivity contribution >= 4 is 0 Å². The summed E-state index contributed by atoms with van der Waals surface area (Å²) in [7, 11) is 0. The molecular formula is C31H56O2. The number of aliphatic hydroxyl groups is 1. The van der Waals surface area contributed by atoms with E-state index in [0.29, 0.717) is 5.92 Å². The van der Waals surface area contributed by atoms with Crippen LogP contribution in [-0.4, -0.2) is 23.4 Å². The second-order valence-corrected chi connectivity index (χ2v) is 11.2. The molecule has 2 nitrogen and oxygen atoms in total. The van der Waals surface area contributed by atoms with Gasteiger partial charge in [0.15, 0.2) is 0 Å². The van der Waals surface area contributed by atoms with Crippen LogP contribution in [0.3, 0.4) is 0 Å². The van der Waals surface area contributed by atoms with Crippen molar-refractivity contribution in [1.82, 2.24) is 0 Å². The van der Waals surface area contributed by atoms with Gasteiger partial charge in [-0.25, -0.2) is 0 Å². The highest BCUT2D eigenvalue weighted by molar-refractivity contribution is 5.29. The molecule has 0 bridgehead atoms. The Morgan fingerprint density at radius 2 is 1.82 bits per heavy atom. The number of unbranched alkanes of at least 4 members (excludes halogenated alkanes) is 3. The fraction of sp³-hybridized carbons (Fsp3) is 0.806. The van der Waals surface area contributed by atoms with Gasteiger partial charge in [-0.05, 0) is 83.6 Å². The van der Waals surface area contributed by atoms with Gasteiger partial charge < -0.3 is 9.84 Å². The lowest BCUT2D eigenvalue weighted by Crippen LogP contribution is -2.28. The van der Waals surface area contributed by atoms with Crippen LogP contribution in [0, 0.1) is 11.8 Å². The van der Waals surface area contributed by atoms with Gasteiger partial charge in [-0.2, -0.15) is 0 Å². The number of rotatable bonds is 18. The molecule has 1 aliphatic rings. The minimum absolute atomic E-state index is 0.276. The molecule has 0 radical (unpaired) electrons. The van der Waals surface area contributed by atoms with E-state index in [1.54, 1.807) is 0 Å². The molecule has 0 saturated carbocycles. The number of hydrogen-bond donors (Lipinski definition) is 1. The monoisotopic (exact) mass is 460 g/mol. The number of ether oxygens (including phenoxy) is 1. The molecule has 1 rings (SSSR count). The Bertz CT molecular complexity index is 610. The Morgan fingerprint density at radius 1 is 1.09 bits per heavy atom. The highest BCUT2D eigenvalue weighted by Gasteiger charge is 2.26. The van der Waals surface area contributed by atoms with E-state index in [2.05, 4.69) is 59.8 Å². The summed E-state index contributed by atoms with van der Waals surface area (Å²) in [4.78, 5) is 0. The van der Waals surface area contributed by atoms with Crippen molar-refractivity contribution in [3.63, 3.8) is 0 Å². The molecule has 0 fully saturated rings. The van der Waals surface area contributed by atoms with Crippen LogP contribution in [0.2, 0.25) is 0 Å². The molecule has 0 aliphatic heterocycles. The van der Waals surface area contributed by atoms with E-state index in [-0.39, 0.29) is 6.10 Å². The smallest absolute Gasteiger partial charge is 0.0850 e. The molecule has 0 aromatic heterocycles. The second-order valence-electron chi connectivity index (χ2n) is 11.2. The minimum Gasteiger partial charge on any atom is -0.390 e. The van der Waals surface area contributed by atoms with Crippen LogP contribution in [-0.2, 0) is 4.74 Å². The maximum Gasteiger partial charge on any atom is 0.0850 e. The van der Waals surface area contributed by atoms with Crippen LogP contribution in [0.15, 0.2) is 34.9 Å². The predicted octanol–water partition coefficient (Wildman–Crippen LogP) is 9.34. The molecule has 0 aromatic rings. The molecular weight excluding hydrogens is 404 g/mol. The number of hydrogen-bond acceptors (Lipinski definition) is 2. The fourth-order valence-electron chi connectivity index (χ4n) is 4.78. The highest BCUT2D eigenvalue weighted by Crippen LogP contribution is 2.32. The van der Waals surface area contributed by atoms with E-state index in [1.807, 2.05) is 6.92 Å². The average molecular weight is 461 g/mol. The van der Waals surface area contributed by atoms with Crippen LogP contribution in [0.5, 0.6) is 0 Å². The van der Waals surface area contributed by atoms with Crippen LogP contribution in [0.4, 0.5) is 0 Å². The van der Waals surface area contributed by atoms with Gasteiger partial charge in [0.2, 0.25) is 0 Å². The van der Waals surface area contributed by atoms with Gasteiger partial charge in [0.1, 0.15) is 0 Å². The normalized spacial score (nSPS) is 22.0. The Labute approximate surface area is 207 Å². The third-order valence-corrected chi connectivity index (χ3v) is 7.58. The van der Waals surface area contributed by atoms with E-state index in [0.717, 1.165) is 51.0 Å². The van der Waals surface area contributed by atoms with Gasteiger partial charge in [-0.1, -0.05) is 89.2 Å². The summed E-state index contributed by atoms with van der Waals surface area (Å²) in [5.74, 6) is 1.24. The molecule has 0 heterocycles. The Balaban J connectivity index is 2.33. The minimum atomic E-state index is -0.502. The van der Waals surface area contributed by atoms with Crippen LogP contribution in [0.1, 0.15) is 132 Å². The topological polar surface area (TPSA) is 29.5 Å². The van der Waals surface area contributed by atoms with Gasteiger partial charge in [-0.3, -0.25) is 0 Å². The van der Waals surface area contributed by atoms with E-state index >= 15 is 0 Å². The van der Waals surface area contributed by atoms with Crippen molar-refractivity contribution in [2.24, 2.45) is 11.8 Å². The summed E-state index contributed by atoms with van der Waals surface area (Å²) in [5, 5.41) is 10.5. The van der Waals surface area contributed by atoms with Gasteiger partial charge in [-0.15, -0.1) is 0 Å². The summed E-state index contributed by atoms with van der Waals surface area (Å²) in [6.45, 7) is 16.6. The van der Waals surface area contributed by atoms with Gasteiger partial charge in [0.25, 0.3) is 0 Å². The molecule has 0 spiro atoms. The third-order valence-electron chi connectivity index (χ3n) is 7.58. The van der Waals surface area contributed by atoms with E-state index in [1.165, 1.54) is 61.7 Å². The maximum absolute atomic E-state index is 10.5. The predicted molar refractivity (Wildman–Crippen MR) is 146 cm³/mol. The van der Waals surface area contributed by atoms with Crippen molar-refractivity contribution in [2.75, 3.05) is 6.61 Å². The van der Waals surface area contributed by atoms with Crippen LogP contribution in [0.25, 0.3) is 0 Å². The van der Waals surface area contributed by atoms with Crippen molar-refractivity contribution < 1.29 is 9.84 Å². The molecule has 1 aliphatic carbocycles. The largest absolute Gasteiger partial charge is 0.390 e. The Morgan fingerprint density at radius 3 is 2.52 bits per heavy atom. The van der Waals surface area contributed by atoms with Gasteiger partial charge >= 0.3 is 0 Å². The Hall–Kier alpha value is -0.860. The molecule has 2 heteroatoms. The maximum atomic E-state index is 10.5. The summed E-state index contributed by atoms with van der Waals surface area (Å²) >= 11 is 0. The standard InChI is InChI=1S/C31H56O2/c1-8-10-12-22-31(7,32)23-14-17-25(3)15-13-16-26(4)18-20-29-21-19-27(5)28(6)30(29)33-24-11-9-2/h17,19,21,26,28,30,32H,8-16,18,20,22-24H2,1-7H3/b25-17+. The molecule has 33 heavy (non-hydrogen) atoms. The molecule has 192 valence electrons. The lowest BCUT2D eigenvalue weighted by atomic mass is 9.83. The molecule has 1 N–H and O–H groups in total. The zero-order chi connectivity index (χ0) is 24.7. The SMILES string of the molecule is CCCCCC(C)(O)CC/C=C(\C)CCCC(C)CCC1=CC=C(C)C(C)C1OCCCC. The lowest BCUT2D eigenvalue weighted by molar-refractivity contribution is 0.0403. The van der Waals surface area contributed by atoms with E-state index < -0.39 is 5.60 Å². The first-order valence-electron chi connectivity index (χ1n) is 14.1. The zero-order valence-electron chi connectivity index (χ0n) is 23.2. The molecule has 0 aromatic carbocycles. The third kappa shape index (κ3) is 13.0. The summed E-state index contributed by atoms with van der Waals surface area (Å²) in [5.41, 5.74) is 3.92. The first-order valence-corrected chi connectivity index (χ1v) is 14.1. The highest BCUT2D eigenvalue weighted by atomic mass is 16.5. The average Bonchev–Trinajstić information content (AvgIpc) is 2.76. The molecule has 4 atom stereocenters. The second kappa shape index (κ2) is 16.7. The van der Waals surface area contributed by atoms with Crippen molar-refractivity contribution in [3.05, 3.63) is 34.9 Å². The van der Waals surface area contributed by atoms with Gasteiger partial charge in [0, 0.05) is 12.5 Å². The summed E-state index contributed by atoms with van der Waals surface area (Å²) in [6.07, 6.45) is 22.2. The first-order chi connectivity index (χ1) is 15.7. The van der Waals surface area contributed by atoms with E-state index in [4.69, 9.17) is 4.74 Å². The van der Waals surface area contributed by atoms with Gasteiger partial charge in [0.05, 0.1) is 11.7 Å². The molecule has 4 unspecified atom stereocenters. The number of allylic oxidation sites excluding steroid dienone is 4. The fourth-order valence-corrected chi connectivity index (χ4v) is 4.78. The Kier molecular flexibility index (Phi) is 15.3. The quantitative estimate of drug-likeness (QED) is 0.163. The van der Waals surface area contributed by atoms with E-state index in [9.17, 15) is 5.11 Å². The van der Waals surface area contributed by atoms with Crippen LogP contribution < -0.4 is 0 Å².